The van der Waals surface area contributed by atoms with Crippen molar-refractivity contribution < 1.29 is 9.59 Å². The van der Waals surface area contributed by atoms with Crippen LogP contribution in [0.4, 0.5) is 4.79 Å². The zero-order chi connectivity index (χ0) is 15.5. The minimum absolute atomic E-state index is 0.00622. The van der Waals surface area contributed by atoms with E-state index in [9.17, 15) is 9.59 Å². The maximum absolute atomic E-state index is 12.3. The minimum Gasteiger partial charge on any atom is -0.335 e. The van der Waals surface area contributed by atoms with Gasteiger partial charge in [0.2, 0.25) is 0 Å². The molecular formula is C15H22N4O2. The standard InChI is InChI=1S/C15H22N4O2/c1-15(2,3)17-14(21)19-10-8-18(9-11-19)13(20)12-4-6-16-7-5-12/h4-7H,8-11H2,1-3H3,(H,17,21). The van der Waals surface area contributed by atoms with Crippen LogP contribution in [0.1, 0.15) is 31.1 Å². The first-order chi connectivity index (χ1) is 9.87. The smallest absolute Gasteiger partial charge is 0.317 e. The van der Waals surface area contributed by atoms with Crippen LogP contribution in [0.3, 0.4) is 0 Å². The summed E-state index contributed by atoms with van der Waals surface area (Å²) in [5, 5.41) is 2.94. The Balaban J connectivity index is 1.89. The molecule has 0 aromatic carbocycles. The van der Waals surface area contributed by atoms with E-state index in [1.54, 1.807) is 34.3 Å². The first kappa shape index (κ1) is 15.3. The fourth-order valence-electron chi connectivity index (χ4n) is 2.19. The van der Waals surface area contributed by atoms with Crippen molar-refractivity contribution >= 4 is 11.9 Å². The van der Waals surface area contributed by atoms with Crippen LogP contribution in [-0.4, -0.2) is 58.4 Å². The number of pyridine rings is 1. The van der Waals surface area contributed by atoms with Gasteiger partial charge in [0.25, 0.3) is 5.91 Å². The summed E-state index contributed by atoms with van der Waals surface area (Å²) in [6, 6.07) is 3.35. The Morgan fingerprint density at radius 3 is 2.10 bits per heavy atom. The van der Waals surface area contributed by atoms with Crippen LogP contribution < -0.4 is 5.32 Å². The monoisotopic (exact) mass is 290 g/mol. The fraction of sp³-hybridized carbons (Fsp3) is 0.533. The molecule has 1 aromatic rings. The summed E-state index contributed by atoms with van der Waals surface area (Å²) < 4.78 is 0. The van der Waals surface area contributed by atoms with Crippen LogP contribution in [0.2, 0.25) is 0 Å². The van der Waals surface area contributed by atoms with Gasteiger partial charge in [-0.15, -0.1) is 0 Å². The van der Waals surface area contributed by atoms with E-state index in [1.807, 2.05) is 20.8 Å². The zero-order valence-corrected chi connectivity index (χ0v) is 12.8. The van der Waals surface area contributed by atoms with Crippen molar-refractivity contribution in [2.75, 3.05) is 26.2 Å². The Bertz CT molecular complexity index is 502. The van der Waals surface area contributed by atoms with E-state index in [0.717, 1.165) is 0 Å². The molecule has 1 saturated heterocycles. The normalized spacial score (nSPS) is 15.8. The number of hydrogen-bond donors (Lipinski definition) is 1. The number of piperazine rings is 1. The van der Waals surface area contributed by atoms with Crippen LogP contribution in [0.5, 0.6) is 0 Å². The van der Waals surface area contributed by atoms with Gasteiger partial charge in [-0.3, -0.25) is 9.78 Å². The molecule has 0 saturated carbocycles. The van der Waals surface area contributed by atoms with Crippen molar-refractivity contribution in [3.05, 3.63) is 30.1 Å². The number of carbonyl (C=O) groups is 2. The third-order valence-electron chi connectivity index (χ3n) is 3.26. The van der Waals surface area contributed by atoms with E-state index in [4.69, 9.17) is 0 Å². The number of aromatic nitrogens is 1. The highest BCUT2D eigenvalue weighted by molar-refractivity contribution is 5.94. The van der Waals surface area contributed by atoms with E-state index < -0.39 is 0 Å². The Morgan fingerprint density at radius 1 is 1.05 bits per heavy atom. The Kier molecular flexibility index (Phi) is 4.45. The number of carbonyl (C=O) groups excluding carboxylic acids is 2. The molecule has 1 N–H and O–H groups in total. The molecule has 6 nitrogen and oxygen atoms in total. The van der Waals surface area contributed by atoms with Crippen molar-refractivity contribution in [1.82, 2.24) is 20.1 Å². The van der Waals surface area contributed by atoms with Gasteiger partial charge in [-0.2, -0.15) is 0 Å². The second kappa shape index (κ2) is 6.11. The van der Waals surface area contributed by atoms with Gasteiger partial charge in [0.1, 0.15) is 0 Å². The Morgan fingerprint density at radius 2 is 1.57 bits per heavy atom. The number of urea groups is 1. The van der Waals surface area contributed by atoms with Crippen molar-refractivity contribution in [2.24, 2.45) is 0 Å². The van der Waals surface area contributed by atoms with Gasteiger partial charge in [-0.05, 0) is 32.9 Å². The van der Waals surface area contributed by atoms with Crippen molar-refractivity contribution in [1.29, 1.82) is 0 Å². The average molecular weight is 290 g/mol. The highest BCUT2D eigenvalue weighted by atomic mass is 16.2. The molecule has 0 aliphatic carbocycles. The van der Waals surface area contributed by atoms with E-state index in [1.165, 1.54) is 0 Å². The first-order valence-corrected chi connectivity index (χ1v) is 7.13. The third-order valence-corrected chi connectivity index (χ3v) is 3.26. The van der Waals surface area contributed by atoms with Crippen molar-refractivity contribution in [3.63, 3.8) is 0 Å². The van der Waals surface area contributed by atoms with Gasteiger partial charge in [0.05, 0.1) is 0 Å². The molecular weight excluding hydrogens is 268 g/mol. The molecule has 1 aromatic heterocycles. The van der Waals surface area contributed by atoms with Crippen LogP contribution >= 0.6 is 0 Å². The topological polar surface area (TPSA) is 65.5 Å². The first-order valence-electron chi connectivity index (χ1n) is 7.13. The molecule has 0 bridgehead atoms. The largest absolute Gasteiger partial charge is 0.335 e. The molecule has 0 radical (unpaired) electrons. The molecule has 0 unspecified atom stereocenters. The molecule has 2 heterocycles. The molecule has 1 aliphatic heterocycles. The van der Waals surface area contributed by atoms with Crippen LogP contribution in [-0.2, 0) is 0 Å². The lowest BCUT2D eigenvalue weighted by Gasteiger charge is -2.36. The lowest BCUT2D eigenvalue weighted by Crippen LogP contribution is -2.56. The van der Waals surface area contributed by atoms with E-state index >= 15 is 0 Å². The number of amides is 3. The second-order valence-electron chi connectivity index (χ2n) is 6.20. The van der Waals surface area contributed by atoms with Gasteiger partial charge in [0, 0.05) is 49.7 Å². The van der Waals surface area contributed by atoms with Gasteiger partial charge < -0.3 is 15.1 Å². The van der Waals surface area contributed by atoms with E-state index in [2.05, 4.69) is 10.3 Å². The maximum Gasteiger partial charge on any atom is 0.317 e. The summed E-state index contributed by atoms with van der Waals surface area (Å²) in [4.78, 5) is 31.8. The molecule has 114 valence electrons. The van der Waals surface area contributed by atoms with E-state index in [0.29, 0.717) is 31.7 Å². The predicted octanol–water partition coefficient (Wildman–Crippen LogP) is 1.35. The fourth-order valence-corrected chi connectivity index (χ4v) is 2.19. The Labute approximate surface area is 125 Å². The number of nitrogens with one attached hydrogen (secondary N) is 1. The van der Waals surface area contributed by atoms with Gasteiger partial charge in [0.15, 0.2) is 0 Å². The Hall–Kier alpha value is -2.11. The summed E-state index contributed by atoms with van der Waals surface area (Å²) >= 11 is 0. The van der Waals surface area contributed by atoms with Gasteiger partial charge >= 0.3 is 6.03 Å². The highest BCUT2D eigenvalue weighted by Gasteiger charge is 2.26. The van der Waals surface area contributed by atoms with Gasteiger partial charge in [-0.25, -0.2) is 4.79 Å². The molecule has 1 aliphatic rings. The lowest BCUT2D eigenvalue weighted by atomic mass is 10.1. The van der Waals surface area contributed by atoms with E-state index in [-0.39, 0.29) is 17.5 Å². The van der Waals surface area contributed by atoms with Crippen LogP contribution in [0.15, 0.2) is 24.5 Å². The van der Waals surface area contributed by atoms with Crippen molar-refractivity contribution in [2.45, 2.75) is 26.3 Å². The minimum atomic E-state index is -0.249. The quantitative estimate of drug-likeness (QED) is 0.849. The van der Waals surface area contributed by atoms with Crippen molar-refractivity contribution in [3.8, 4) is 0 Å². The highest BCUT2D eigenvalue weighted by Crippen LogP contribution is 2.09. The summed E-state index contributed by atoms with van der Waals surface area (Å²) in [6.45, 7) is 8.07. The maximum atomic E-state index is 12.3. The molecule has 21 heavy (non-hydrogen) atoms. The zero-order valence-electron chi connectivity index (χ0n) is 12.8. The summed E-state index contributed by atoms with van der Waals surface area (Å²) in [7, 11) is 0. The van der Waals surface area contributed by atoms with Gasteiger partial charge in [-0.1, -0.05) is 0 Å². The summed E-state index contributed by atoms with van der Waals surface area (Å²) in [5.41, 5.74) is 0.388. The molecule has 3 amide bonds. The summed E-state index contributed by atoms with van der Waals surface area (Å²) in [5.74, 6) is -0.00622. The SMILES string of the molecule is CC(C)(C)NC(=O)N1CCN(C(=O)c2ccncc2)CC1. The third kappa shape index (κ3) is 4.18. The molecule has 6 heteroatoms. The molecule has 1 fully saturated rings. The molecule has 0 atom stereocenters. The molecule has 2 rings (SSSR count). The molecule has 0 spiro atoms. The number of nitrogens with zero attached hydrogens (tertiary/aromatic N) is 3. The second-order valence-corrected chi connectivity index (χ2v) is 6.20. The lowest BCUT2D eigenvalue weighted by molar-refractivity contribution is 0.0661. The average Bonchev–Trinajstić information content (AvgIpc) is 2.46. The predicted molar refractivity (Wildman–Crippen MR) is 80.0 cm³/mol. The summed E-state index contributed by atoms with van der Waals surface area (Å²) in [6.07, 6.45) is 3.22. The van der Waals surface area contributed by atoms with Crippen LogP contribution in [0.25, 0.3) is 0 Å². The number of hydrogen-bond acceptors (Lipinski definition) is 3. The number of rotatable bonds is 1. The van der Waals surface area contributed by atoms with Crippen LogP contribution in [0, 0.1) is 0 Å².